The number of hydrogen-bond donors (Lipinski definition) is 1. The average molecular weight is 323 g/mol. The molecule has 0 radical (unpaired) electrons. The molecule has 2 atom stereocenters. The summed E-state index contributed by atoms with van der Waals surface area (Å²) < 4.78 is 14.3. The molecule has 1 N–H and O–H groups in total. The van der Waals surface area contributed by atoms with Gasteiger partial charge in [0.15, 0.2) is 0 Å². The molecule has 1 saturated heterocycles. The molecule has 5 nitrogen and oxygen atoms in total. The summed E-state index contributed by atoms with van der Waals surface area (Å²) in [5.74, 6) is -2.17. The molecule has 4 rings (SSSR count). The maximum absolute atomic E-state index is 14.3. The van der Waals surface area contributed by atoms with Crippen molar-refractivity contribution in [2.24, 2.45) is 5.92 Å². The maximum Gasteiger partial charge on any atom is 0.295 e. The van der Waals surface area contributed by atoms with Crippen molar-refractivity contribution in [2.75, 3.05) is 4.90 Å². The normalized spacial score (nSPS) is 21.0. The summed E-state index contributed by atoms with van der Waals surface area (Å²) in [6.07, 6.45) is 1.56. The average Bonchev–Trinajstić information content (AvgIpc) is 3.13. The number of aromatic nitrogens is 2. The first-order valence-electron chi connectivity index (χ1n) is 7.63. The summed E-state index contributed by atoms with van der Waals surface area (Å²) in [4.78, 5) is 33.3. The summed E-state index contributed by atoms with van der Waals surface area (Å²) in [6.45, 7) is 1.66. The molecule has 0 saturated carbocycles. The fourth-order valence-corrected chi connectivity index (χ4v) is 3.28. The number of benzene rings is 2. The van der Waals surface area contributed by atoms with Gasteiger partial charge >= 0.3 is 0 Å². The number of rotatable bonds is 2. The molecule has 120 valence electrons. The largest absolute Gasteiger partial charge is 0.345 e. The topological polar surface area (TPSA) is 66.1 Å². The lowest BCUT2D eigenvalue weighted by atomic mass is 9.94. The van der Waals surface area contributed by atoms with Crippen LogP contribution in [0.1, 0.15) is 18.5 Å². The quantitative estimate of drug-likeness (QED) is 0.737. The minimum atomic E-state index is -0.661. The molecule has 0 spiro atoms. The van der Waals surface area contributed by atoms with E-state index in [1.165, 1.54) is 11.0 Å². The lowest BCUT2D eigenvalue weighted by Gasteiger charge is -2.26. The minimum absolute atomic E-state index is 0.342. The number of anilines is 1. The summed E-state index contributed by atoms with van der Waals surface area (Å²) in [7, 11) is 0. The summed E-state index contributed by atoms with van der Waals surface area (Å²) >= 11 is 0. The standard InChI is InChI=1S/C18H14FN3O2/c1-10-16(12-4-2-3-5-13(12)19)22(18(24)17(10)23)11-6-7-14-15(8-11)21-9-20-14/h2-10,16H,1H3,(H,20,21). The number of halogens is 1. The van der Waals surface area contributed by atoms with Gasteiger partial charge in [-0.2, -0.15) is 0 Å². The van der Waals surface area contributed by atoms with Gasteiger partial charge in [0.2, 0.25) is 5.78 Å². The smallest absolute Gasteiger partial charge is 0.295 e. The molecule has 3 aromatic rings. The van der Waals surface area contributed by atoms with Crippen molar-refractivity contribution in [3.8, 4) is 0 Å². The zero-order valence-corrected chi connectivity index (χ0v) is 12.9. The van der Waals surface area contributed by atoms with Gasteiger partial charge in [0.1, 0.15) is 5.82 Å². The fourth-order valence-electron chi connectivity index (χ4n) is 3.28. The van der Waals surface area contributed by atoms with E-state index in [2.05, 4.69) is 9.97 Å². The molecular formula is C18H14FN3O2. The van der Waals surface area contributed by atoms with Gasteiger partial charge in [-0.25, -0.2) is 9.37 Å². The Labute approximate surface area is 137 Å². The monoisotopic (exact) mass is 323 g/mol. The van der Waals surface area contributed by atoms with Gasteiger partial charge in [0, 0.05) is 17.2 Å². The predicted octanol–water partition coefficient (Wildman–Crippen LogP) is 3.00. The first-order chi connectivity index (χ1) is 11.6. The third kappa shape index (κ3) is 2.03. The van der Waals surface area contributed by atoms with E-state index in [1.54, 1.807) is 49.6 Å². The number of imidazole rings is 1. The van der Waals surface area contributed by atoms with Crippen molar-refractivity contribution in [1.82, 2.24) is 9.97 Å². The molecular weight excluding hydrogens is 309 g/mol. The van der Waals surface area contributed by atoms with Crippen LogP contribution in [-0.2, 0) is 9.59 Å². The predicted molar refractivity (Wildman–Crippen MR) is 86.9 cm³/mol. The van der Waals surface area contributed by atoms with Crippen LogP contribution in [0, 0.1) is 11.7 Å². The van der Waals surface area contributed by atoms with E-state index >= 15 is 0 Å². The lowest BCUT2D eigenvalue weighted by molar-refractivity contribution is -0.135. The molecule has 2 aromatic carbocycles. The zero-order valence-electron chi connectivity index (χ0n) is 12.9. The molecule has 0 bridgehead atoms. The van der Waals surface area contributed by atoms with Crippen LogP contribution in [0.3, 0.4) is 0 Å². The van der Waals surface area contributed by atoms with Crippen LogP contribution < -0.4 is 4.90 Å². The number of Topliss-reactive ketones (excluding diaryl/α,β-unsaturated/α-hetero) is 1. The number of carbonyl (C=O) groups is 2. The number of ketones is 1. The number of hydrogen-bond acceptors (Lipinski definition) is 3. The van der Waals surface area contributed by atoms with Gasteiger partial charge in [0.25, 0.3) is 5.91 Å². The third-order valence-electron chi connectivity index (χ3n) is 4.50. The van der Waals surface area contributed by atoms with Crippen LogP contribution in [0.15, 0.2) is 48.8 Å². The van der Waals surface area contributed by atoms with Gasteiger partial charge in [-0.15, -0.1) is 0 Å². The van der Waals surface area contributed by atoms with Crippen LogP contribution in [0.2, 0.25) is 0 Å². The number of amides is 1. The Morgan fingerprint density at radius 1 is 1.17 bits per heavy atom. The summed E-state index contributed by atoms with van der Waals surface area (Å²) in [6, 6.07) is 10.8. The number of fused-ring (bicyclic) bond motifs is 1. The summed E-state index contributed by atoms with van der Waals surface area (Å²) in [5, 5.41) is 0. The fraction of sp³-hybridized carbons (Fsp3) is 0.167. The van der Waals surface area contributed by atoms with Crippen LogP contribution in [-0.4, -0.2) is 21.7 Å². The Hall–Kier alpha value is -3.02. The van der Waals surface area contributed by atoms with Crippen molar-refractivity contribution in [3.05, 3.63) is 60.2 Å². The maximum atomic E-state index is 14.3. The molecule has 6 heteroatoms. The van der Waals surface area contributed by atoms with E-state index in [1.807, 2.05) is 0 Å². The Bertz CT molecular complexity index is 966. The lowest BCUT2D eigenvalue weighted by Crippen LogP contribution is -2.30. The van der Waals surface area contributed by atoms with E-state index in [-0.39, 0.29) is 0 Å². The van der Waals surface area contributed by atoms with E-state index in [9.17, 15) is 14.0 Å². The van der Waals surface area contributed by atoms with Gasteiger partial charge in [0.05, 0.1) is 23.4 Å². The van der Waals surface area contributed by atoms with E-state index in [0.29, 0.717) is 11.3 Å². The van der Waals surface area contributed by atoms with Gasteiger partial charge < -0.3 is 4.98 Å². The van der Waals surface area contributed by atoms with E-state index in [0.717, 1.165) is 11.0 Å². The third-order valence-corrected chi connectivity index (χ3v) is 4.50. The van der Waals surface area contributed by atoms with Crippen molar-refractivity contribution < 1.29 is 14.0 Å². The number of carbonyl (C=O) groups excluding carboxylic acids is 2. The van der Waals surface area contributed by atoms with Crippen molar-refractivity contribution >= 4 is 28.4 Å². The summed E-state index contributed by atoms with van der Waals surface area (Å²) in [5.41, 5.74) is 2.39. The highest BCUT2D eigenvalue weighted by Crippen LogP contribution is 2.40. The molecule has 0 aliphatic carbocycles. The van der Waals surface area contributed by atoms with Gasteiger partial charge in [-0.3, -0.25) is 14.5 Å². The molecule has 2 unspecified atom stereocenters. The Morgan fingerprint density at radius 2 is 1.96 bits per heavy atom. The van der Waals surface area contributed by atoms with Crippen molar-refractivity contribution in [3.63, 3.8) is 0 Å². The van der Waals surface area contributed by atoms with Crippen molar-refractivity contribution in [1.29, 1.82) is 0 Å². The minimum Gasteiger partial charge on any atom is -0.345 e. The van der Waals surface area contributed by atoms with E-state index in [4.69, 9.17) is 0 Å². The number of nitrogens with zero attached hydrogens (tertiary/aromatic N) is 2. The SMILES string of the molecule is CC1C(=O)C(=O)N(c2ccc3nc[nH]c3c2)C1c1ccccc1F. The van der Waals surface area contributed by atoms with Crippen LogP contribution in [0.25, 0.3) is 11.0 Å². The second-order valence-corrected chi connectivity index (χ2v) is 5.90. The molecule has 1 aromatic heterocycles. The highest BCUT2D eigenvalue weighted by molar-refractivity contribution is 6.44. The molecule has 1 aliphatic rings. The number of H-pyrrole nitrogens is 1. The highest BCUT2D eigenvalue weighted by Gasteiger charge is 2.47. The Kier molecular flexibility index (Phi) is 3.19. The number of nitrogens with one attached hydrogen (secondary N) is 1. The molecule has 1 amide bonds. The van der Waals surface area contributed by atoms with Crippen LogP contribution in [0.4, 0.5) is 10.1 Å². The number of aromatic amines is 1. The van der Waals surface area contributed by atoms with Crippen LogP contribution >= 0.6 is 0 Å². The van der Waals surface area contributed by atoms with Crippen molar-refractivity contribution in [2.45, 2.75) is 13.0 Å². The molecule has 1 aliphatic heterocycles. The molecule has 1 fully saturated rings. The Morgan fingerprint density at radius 3 is 2.75 bits per heavy atom. The molecule has 2 heterocycles. The first kappa shape index (κ1) is 14.6. The Balaban J connectivity index is 1.88. The highest BCUT2D eigenvalue weighted by atomic mass is 19.1. The molecule has 24 heavy (non-hydrogen) atoms. The second kappa shape index (κ2) is 5.26. The van der Waals surface area contributed by atoms with Gasteiger partial charge in [-0.1, -0.05) is 25.1 Å². The van der Waals surface area contributed by atoms with Gasteiger partial charge in [-0.05, 0) is 24.3 Å². The van der Waals surface area contributed by atoms with E-state index < -0.39 is 29.5 Å². The second-order valence-electron chi connectivity index (χ2n) is 5.90. The van der Waals surface area contributed by atoms with Crippen LogP contribution in [0.5, 0.6) is 0 Å². The first-order valence-corrected chi connectivity index (χ1v) is 7.63. The zero-order chi connectivity index (χ0) is 16.8.